The molecule has 0 spiro atoms. The normalized spacial score (nSPS) is 19.6. The summed E-state index contributed by atoms with van der Waals surface area (Å²) in [6, 6.07) is 7.64. The third kappa shape index (κ3) is 2.37. The molecule has 1 fully saturated rings. The zero-order chi connectivity index (χ0) is 16.1. The maximum absolute atomic E-state index is 6.56. The van der Waals surface area contributed by atoms with E-state index in [2.05, 4.69) is 4.98 Å². The Labute approximate surface area is 135 Å². The molecular formula is C16H19BClNO3. The number of rotatable bonds is 2. The van der Waals surface area contributed by atoms with Crippen LogP contribution in [0.1, 0.15) is 27.7 Å². The molecule has 1 aromatic carbocycles. The fraction of sp³-hybridized carbons (Fsp3) is 0.438. The lowest BCUT2D eigenvalue weighted by atomic mass is 9.78. The lowest BCUT2D eigenvalue weighted by Crippen LogP contribution is -2.41. The number of hydrogen-bond donors (Lipinski definition) is 0. The van der Waals surface area contributed by atoms with Gasteiger partial charge in [0.2, 0.25) is 5.88 Å². The number of aromatic nitrogens is 1. The Morgan fingerprint density at radius 2 is 1.64 bits per heavy atom. The van der Waals surface area contributed by atoms with Crippen molar-refractivity contribution < 1.29 is 14.0 Å². The van der Waals surface area contributed by atoms with E-state index in [9.17, 15) is 0 Å². The van der Waals surface area contributed by atoms with Gasteiger partial charge in [-0.2, -0.15) is 0 Å². The zero-order valence-electron chi connectivity index (χ0n) is 13.4. The molecule has 0 atom stereocenters. The molecule has 0 bridgehead atoms. The van der Waals surface area contributed by atoms with E-state index < -0.39 is 18.3 Å². The Bertz CT molecular complexity index is 717. The minimum absolute atomic E-state index is 0.405. The highest BCUT2D eigenvalue weighted by atomic mass is 35.5. The Morgan fingerprint density at radius 1 is 1.05 bits per heavy atom. The van der Waals surface area contributed by atoms with Crippen molar-refractivity contribution in [3.05, 3.63) is 29.3 Å². The van der Waals surface area contributed by atoms with Crippen molar-refractivity contribution in [1.82, 2.24) is 4.98 Å². The van der Waals surface area contributed by atoms with Gasteiger partial charge in [0, 0.05) is 16.9 Å². The Morgan fingerprint density at radius 3 is 2.23 bits per heavy atom. The topological polar surface area (TPSA) is 40.6 Å². The molecule has 1 aromatic heterocycles. The van der Waals surface area contributed by atoms with E-state index in [1.807, 2.05) is 52.0 Å². The number of halogens is 1. The number of benzene rings is 1. The van der Waals surface area contributed by atoms with Crippen molar-refractivity contribution >= 4 is 35.1 Å². The molecule has 1 aliphatic heterocycles. The van der Waals surface area contributed by atoms with E-state index in [0.29, 0.717) is 16.4 Å². The van der Waals surface area contributed by atoms with Gasteiger partial charge in [0.05, 0.1) is 28.9 Å². The fourth-order valence-electron chi connectivity index (χ4n) is 2.42. The second-order valence-corrected chi connectivity index (χ2v) is 6.86. The van der Waals surface area contributed by atoms with Crippen LogP contribution in [0.3, 0.4) is 0 Å². The van der Waals surface area contributed by atoms with Crippen LogP contribution in [0.25, 0.3) is 10.9 Å². The standard InChI is InChI=1S/C16H19BClNO3/c1-15(2)16(3,4)22-17(21-15)11-8-6-10-7-9-12(20-5)19-14(10)13(11)18/h6-9H,1-5H3. The van der Waals surface area contributed by atoms with Crippen LogP contribution in [-0.2, 0) is 9.31 Å². The van der Waals surface area contributed by atoms with Crippen molar-refractivity contribution in [3.8, 4) is 5.88 Å². The molecule has 0 N–H and O–H groups in total. The smallest absolute Gasteiger partial charge is 0.481 e. The molecule has 3 rings (SSSR count). The minimum atomic E-state index is -0.505. The number of pyridine rings is 1. The molecule has 0 unspecified atom stereocenters. The summed E-state index contributed by atoms with van der Waals surface area (Å²) in [5, 5.41) is 1.49. The van der Waals surface area contributed by atoms with Crippen LogP contribution in [0, 0.1) is 0 Å². The van der Waals surface area contributed by atoms with Crippen LogP contribution in [0.15, 0.2) is 24.3 Å². The van der Waals surface area contributed by atoms with Gasteiger partial charge < -0.3 is 14.0 Å². The number of fused-ring (bicyclic) bond motifs is 1. The lowest BCUT2D eigenvalue weighted by Gasteiger charge is -2.32. The summed E-state index contributed by atoms with van der Waals surface area (Å²) < 4.78 is 17.3. The van der Waals surface area contributed by atoms with Crippen molar-refractivity contribution in [3.63, 3.8) is 0 Å². The summed E-state index contributed by atoms with van der Waals surface area (Å²) in [5.74, 6) is 0.528. The summed E-state index contributed by atoms with van der Waals surface area (Å²) in [6.45, 7) is 8.07. The summed E-state index contributed by atoms with van der Waals surface area (Å²) in [5.41, 5.74) is 0.664. The van der Waals surface area contributed by atoms with Crippen LogP contribution >= 0.6 is 11.6 Å². The summed E-state index contributed by atoms with van der Waals surface area (Å²) >= 11 is 6.56. The molecule has 0 radical (unpaired) electrons. The Balaban J connectivity index is 2.07. The van der Waals surface area contributed by atoms with E-state index in [1.54, 1.807) is 7.11 Å². The summed E-state index contributed by atoms with van der Waals surface area (Å²) in [4.78, 5) is 4.43. The number of nitrogens with zero attached hydrogens (tertiary/aromatic N) is 1. The highest BCUT2D eigenvalue weighted by Gasteiger charge is 2.52. The monoisotopic (exact) mass is 319 g/mol. The molecule has 1 saturated heterocycles. The van der Waals surface area contributed by atoms with Gasteiger partial charge in [0.15, 0.2) is 0 Å². The highest BCUT2D eigenvalue weighted by molar-refractivity contribution is 6.66. The number of hydrogen-bond acceptors (Lipinski definition) is 4. The third-order valence-corrected chi connectivity index (χ3v) is 4.92. The van der Waals surface area contributed by atoms with Crippen molar-refractivity contribution in [2.45, 2.75) is 38.9 Å². The molecule has 0 saturated carbocycles. The van der Waals surface area contributed by atoms with Gasteiger partial charge in [-0.3, -0.25) is 0 Å². The van der Waals surface area contributed by atoms with Gasteiger partial charge >= 0.3 is 7.12 Å². The minimum Gasteiger partial charge on any atom is -0.481 e. The molecule has 0 amide bonds. The Hall–Kier alpha value is -1.30. The predicted molar refractivity (Wildman–Crippen MR) is 89.0 cm³/mol. The SMILES string of the molecule is COc1ccc2ccc(B3OC(C)(C)C(C)(C)O3)c(Cl)c2n1. The molecule has 6 heteroatoms. The molecular weight excluding hydrogens is 300 g/mol. The van der Waals surface area contributed by atoms with E-state index in [4.69, 9.17) is 25.6 Å². The van der Waals surface area contributed by atoms with E-state index in [-0.39, 0.29) is 0 Å². The van der Waals surface area contributed by atoms with Crippen molar-refractivity contribution in [1.29, 1.82) is 0 Å². The molecule has 116 valence electrons. The molecule has 22 heavy (non-hydrogen) atoms. The van der Waals surface area contributed by atoms with Crippen LogP contribution < -0.4 is 10.2 Å². The largest absolute Gasteiger partial charge is 0.496 e. The van der Waals surface area contributed by atoms with Gasteiger partial charge in [-0.25, -0.2) is 4.98 Å². The van der Waals surface area contributed by atoms with Crippen molar-refractivity contribution in [2.75, 3.05) is 7.11 Å². The van der Waals surface area contributed by atoms with Gasteiger partial charge in [-0.05, 0) is 33.8 Å². The van der Waals surface area contributed by atoms with E-state index in [0.717, 1.165) is 10.8 Å². The second-order valence-electron chi connectivity index (χ2n) is 6.48. The first-order valence-electron chi connectivity index (χ1n) is 7.24. The summed E-state index contributed by atoms with van der Waals surface area (Å²) in [6.07, 6.45) is 0. The highest BCUT2D eigenvalue weighted by Crippen LogP contribution is 2.37. The zero-order valence-corrected chi connectivity index (χ0v) is 14.2. The third-order valence-electron chi connectivity index (χ3n) is 4.52. The van der Waals surface area contributed by atoms with Gasteiger partial charge in [-0.15, -0.1) is 0 Å². The summed E-state index contributed by atoms with van der Waals surface area (Å²) in [7, 11) is 1.08. The van der Waals surface area contributed by atoms with E-state index >= 15 is 0 Å². The Kier molecular flexibility index (Phi) is 3.63. The molecule has 2 aromatic rings. The first-order valence-corrected chi connectivity index (χ1v) is 7.62. The maximum atomic E-state index is 6.56. The molecule has 1 aliphatic rings. The maximum Gasteiger partial charge on any atom is 0.496 e. The lowest BCUT2D eigenvalue weighted by molar-refractivity contribution is 0.00578. The molecule has 2 heterocycles. The molecule has 0 aliphatic carbocycles. The van der Waals surface area contributed by atoms with Crippen molar-refractivity contribution in [2.24, 2.45) is 0 Å². The quantitative estimate of drug-likeness (QED) is 0.797. The molecule has 4 nitrogen and oxygen atoms in total. The fourth-order valence-corrected chi connectivity index (χ4v) is 2.72. The predicted octanol–water partition coefficient (Wildman–Crippen LogP) is 3.20. The van der Waals surface area contributed by atoms with Gasteiger partial charge in [0.25, 0.3) is 0 Å². The van der Waals surface area contributed by atoms with Crippen LogP contribution in [0.5, 0.6) is 5.88 Å². The first kappa shape index (κ1) is 15.6. The second kappa shape index (κ2) is 5.12. The van der Waals surface area contributed by atoms with Gasteiger partial charge in [0.1, 0.15) is 0 Å². The van der Waals surface area contributed by atoms with Crippen LogP contribution in [0.2, 0.25) is 5.02 Å². The van der Waals surface area contributed by atoms with E-state index in [1.165, 1.54) is 0 Å². The van der Waals surface area contributed by atoms with Crippen LogP contribution in [-0.4, -0.2) is 30.4 Å². The first-order chi connectivity index (χ1) is 10.2. The number of methoxy groups -OCH3 is 1. The number of ether oxygens (including phenoxy) is 1. The average molecular weight is 320 g/mol. The van der Waals surface area contributed by atoms with Gasteiger partial charge in [-0.1, -0.05) is 23.7 Å². The van der Waals surface area contributed by atoms with Crippen LogP contribution in [0.4, 0.5) is 0 Å². The average Bonchev–Trinajstić information content (AvgIpc) is 2.67.